The molecule has 0 saturated heterocycles. The summed E-state index contributed by atoms with van der Waals surface area (Å²) in [4.78, 5) is 4.49. The van der Waals surface area contributed by atoms with Crippen LogP contribution in [0.15, 0.2) is 5.38 Å². The summed E-state index contributed by atoms with van der Waals surface area (Å²) in [5, 5.41) is 2.94. The van der Waals surface area contributed by atoms with Gasteiger partial charge in [-0.15, -0.1) is 11.3 Å². The highest BCUT2D eigenvalue weighted by molar-refractivity contribution is 7.09. The molecule has 0 radical (unpaired) electrons. The van der Waals surface area contributed by atoms with E-state index in [9.17, 15) is 0 Å². The van der Waals surface area contributed by atoms with E-state index in [1.165, 1.54) is 0 Å². The van der Waals surface area contributed by atoms with Gasteiger partial charge in [-0.05, 0) is 6.42 Å². The monoisotopic (exact) mass is 245 g/mol. The fourth-order valence-electron chi connectivity index (χ4n) is 1.50. The molecule has 92 valence electrons. The van der Waals surface area contributed by atoms with Gasteiger partial charge in [0, 0.05) is 26.7 Å². The normalized spacial score (nSPS) is 13.3. The Morgan fingerprint density at radius 2 is 1.94 bits per heavy atom. The van der Waals surface area contributed by atoms with E-state index in [1.807, 2.05) is 5.38 Å². The predicted octanol–water partition coefficient (Wildman–Crippen LogP) is 2.92. The molecule has 0 amide bonds. The number of nitrogens with zero attached hydrogens (tertiary/aromatic N) is 1. The lowest BCUT2D eigenvalue weighted by Gasteiger charge is -2.12. The van der Waals surface area contributed by atoms with Crippen molar-refractivity contribution in [3.63, 3.8) is 0 Å². The first-order chi connectivity index (χ1) is 7.76. The smallest absolute Gasteiger partial charge is 0.201 e. The average molecular weight is 245 g/mol. The highest BCUT2D eigenvalue weighted by atomic mass is 32.1. The minimum Gasteiger partial charge on any atom is -0.374 e. The molecule has 0 saturated carbocycles. The predicted molar refractivity (Wildman–Crippen MR) is 63.5 cm³/mol. The molecular formula is C11H19NO3S. The van der Waals surface area contributed by atoms with Crippen LogP contribution >= 0.6 is 11.3 Å². The Labute approximate surface area is 101 Å². The molecule has 0 aliphatic heterocycles. The van der Waals surface area contributed by atoms with Crippen molar-refractivity contribution < 1.29 is 14.2 Å². The van der Waals surface area contributed by atoms with Gasteiger partial charge in [0.1, 0.15) is 16.8 Å². The third-order valence-electron chi connectivity index (χ3n) is 2.32. The molecular weight excluding hydrogens is 226 g/mol. The molecule has 0 bridgehead atoms. The second-order valence-electron chi connectivity index (χ2n) is 3.43. The first kappa shape index (κ1) is 13.6. The SMILES string of the molecule is CCCC(OC)c1nc(C(OC)OC)cs1. The van der Waals surface area contributed by atoms with Crippen molar-refractivity contribution in [3.8, 4) is 0 Å². The standard InChI is InChI=1S/C11H19NO3S/c1-5-6-9(13-2)10-12-8(7-16-10)11(14-3)15-4/h7,9,11H,5-6H2,1-4H3. The van der Waals surface area contributed by atoms with Crippen molar-refractivity contribution >= 4 is 11.3 Å². The van der Waals surface area contributed by atoms with Gasteiger partial charge in [0.25, 0.3) is 0 Å². The largest absolute Gasteiger partial charge is 0.374 e. The summed E-state index contributed by atoms with van der Waals surface area (Å²) in [6.07, 6.45) is 1.75. The number of hydrogen-bond donors (Lipinski definition) is 0. The van der Waals surface area contributed by atoms with Gasteiger partial charge in [-0.1, -0.05) is 13.3 Å². The summed E-state index contributed by atoms with van der Waals surface area (Å²) in [5.74, 6) is 0. The third kappa shape index (κ3) is 3.25. The van der Waals surface area contributed by atoms with Crippen molar-refractivity contribution in [2.75, 3.05) is 21.3 Å². The minimum atomic E-state index is -0.385. The molecule has 1 rings (SSSR count). The van der Waals surface area contributed by atoms with Crippen LogP contribution in [0.25, 0.3) is 0 Å². The molecule has 0 aliphatic rings. The zero-order valence-electron chi connectivity index (χ0n) is 10.2. The van der Waals surface area contributed by atoms with E-state index in [0.29, 0.717) is 0 Å². The second-order valence-corrected chi connectivity index (χ2v) is 4.32. The van der Waals surface area contributed by atoms with Crippen molar-refractivity contribution in [1.29, 1.82) is 0 Å². The molecule has 0 aliphatic carbocycles. The van der Waals surface area contributed by atoms with E-state index >= 15 is 0 Å². The molecule has 1 aromatic rings. The van der Waals surface area contributed by atoms with E-state index in [-0.39, 0.29) is 12.4 Å². The van der Waals surface area contributed by atoms with Gasteiger partial charge in [-0.2, -0.15) is 0 Å². The van der Waals surface area contributed by atoms with Crippen LogP contribution in [0.3, 0.4) is 0 Å². The van der Waals surface area contributed by atoms with Crippen LogP contribution in [0.5, 0.6) is 0 Å². The molecule has 1 heterocycles. The minimum absolute atomic E-state index is 0.0816. The van der Waals surface area contributed by atoms with Crippen molar-refractivity contribution in [2.24, 2.45) is 0 Å². The number of hydrogen-bond acceptors (Lipinski definition) is 5. The number of aromatic nitrogens is 1. The number of methoxy groups -OCH3 is 3. The van der Waals surface area contributed by atoms with Crippen LogP contribution in [-0.2, 0) is 14.2 Å². The van der Waals surface area contributed by atoms with Crippen LogP contribution in [0.4, 0.5) is 0 Å². The maximum Gasteiger partial charge on any atom is 0.201 e. The van der Waals surface area contributed by atoms with Crippen LogP contribution in [0, 0.1) is 0 Å². The first-order valence-corrected chi connectivity index (χ1v) is 6.18. The third-order valence-corrected chi connectivity index (χ3v) is 3.28. The Bertz CT molecular complexity index is 299. The van der Waals surface area contributed by atoms with Crippen molar-refractivity contribution in [1.82, 2.24) is 4.98 Å². The summed E-state index contributed by atoms with van der Waals surface area (Å²) in [7, 11) is 4.92. The van der Waals surface area contributed by atoms with E-state index in [0.717, 1.165) is 23.5 Å². The zero-order chi connectivity index (χ0) is 12.0. The Morgan fingerprint density at radius 3 is 2.44 bits per heavy atom. The molecule has 1 unspecified atom stereocenters. The maximum atomic E-state index is 5.40. The van der Waals surface area contributed by atoms with Gasteiger partial charge in [0.05, 0.1) is 0 Å². The summed E-state index contributed by atoms with van der Waals surface area (Å²) in [6, 6.07) is 0. The van der Waals surface area contributed by atoms with Gasteiger partial charge in [-0.3, -0.25) is 0 Å². The van der Waals surface area contributed by atoms with Gasteiger partial charge in [-0.25, -0.2) is 4.98 Å². The van der Waals surface area contributed by atoms with Gasteiger partial charge in [0.2, 0.25) is 6.29 Å². The van der Waals surface area contributed by atoms with E-state index in [4.69, 9.17) is 14.2 Å². The molecule has 16 heavy (non-hydrogen) atoms. The first-order valence-electron chi connectivity index (χ1n) is 5.30. The Kier molecular flexibility index (Phi) is 5.90. The van der Waals surface area contributed by atoms with Crippen LogP contribution in [0.2, 0.25) is 0 Å². The number of thiazole rings is 1. The van der Waals surface area contributed by atoms with Crippen molar-refractivity contribution in [3.05, 3.63) is 16.1 Å². The van der Waals surface area contributed by atoms with E-state index in [2.05, 4.69) is 11.9 Å². The van der Waals surface area contributed by atoms with Gasteiger partial charge in [0.15, 0.2) is 0 Å². The Hall–Kier alpha value is -0.490. The van der Waals surface area contributed by atoms with Crippen LogP contribution in [0.1, 0.15) is 42.9 Å². The summed E-state index contributed by atoms with van der Waals surface area (Å²) in [6.45, 7) is 2.13. The van der Waals surface area contributed by atoms with Gasteiger partial charge < -0.3 is 14.2 Å². The second kappa shape index (κ2) is 6.96. The molecule has 5 heteroatoms. The molecule has 0 N–H and O–H groups in total. The average Bonchev–Trinajstić information content (AvgIpc) is 2.77. The highest BCUT2D eigenvalue weighted by Crippen LogP contribution is 2.28. The van der Waals surface area contributed by atoms with Crippen LogP contribution < -0.4 is 0 Å². The molecule has 0 aromatic carbocycles. The molecule has 0 fully saturated rings. The fraction of sp³-hybridized carbons (Fsp3) is 0.727. The molecule has 1 aromatic heterocycles. The zero-order valence-corrected chi connectivity index (χ0v) is 11.0. The van der Waals surface area contributed by atoms with E-state index in [1.54, 1.807) is 32.7 Å². The quantitative estimate of drug-likeness (QED) is 0.692. The maximum absolute atomic E-state index is 5.40. The van der Waals surface area contributed by atoms with Crippen LogP contribution in [-0.4, -0.2) is 26.3 Å². The van der Waals surface area contributed by atoms with Crippen molar-refractivity contribution in [2.45, 2.75) is 32.2 Å². The Balaban J connectivity index is 2.75. The topological polar surface area (TPSA) is 40.6 Å². The molecule has 0 spiro atoms. The van der Waals surface area contributed by atoms with Gasteiger partial charge >= 0.3 is 0 Å². The lowest BCUT2D eigenvalue weighted by molar-refractivity contribution is -0.108. The summed E-state index contributed by atoms with van der Waals surface area (Å²) in [5.41, 5.74) is 0.808. The number of ether oxygens (including phenoxy) is 3. The Morgan fingerprint density at radius 1 is 1.25 bits per heavy atom. The summed E-state index contributed by atoms with van der Waals surface area (Å²) < 4.78 is 15.7. The lowest BCUT2D eigenvalue weighted by atomic mass is 10.2. The summed E-state index contributed by atoms with van der Waals surface area (Å²) >= 11 is 1.59. The number of rotatable bonds is 7. The lowest BCUT2D eigenvalue weighted by Crippen LogP contribution is -2.06. The molecule has 4 nitrogen and oxygen atoms in total. The molecule has 1 atom stereocenters. The van der Waals surface area contributed by atoms with E-state index < -0.39 is 0 Å². The highest BCUT2D eigenvalue weighted by Gasteiger charge is 2.18. The fourth-order valence-corrected chi connectivity index (χ4v) is 2.43.